The molecular formula is C22H29N2+. The highest BCUT2D eigenvalue weighted by molar-refractivity contribution is 5.77. The van der Waals surface area contributed by atoms with Crippen LogP contribution in [-0.4, -0.2) is 4.57 Å². The Kier molecular flexibility index (Phi) is 4.25. The number of rotatable bonds is 3. The Morgan fingerprint density at radius 2 is 1.58 bits per heavy atom. The third kappa shape index (κ3) is 2.54. The number of para-hydroxylation sites is 2. The van der Waals surface area contributed by atoms with Crippen molar-refractivity contribution in [3.05, 3.63) is 53.1 Å². The van der Waals surface area contributed by atoms with Crippen molar-refractivity contribution in [3.8, 4) is 11.4 Å². The van der Waals surface area contributed by atoms with E-state index in [0.717, 1.165) is 0 Å². The third-order valence-electron chi connectivity index (χ3n) is 5.04. The smallest absolute Gasteiger partial charge is 0.226 e. The minimum atomic E-state index is 0.413. The van der Waals surface area contributed by atoms with Crippen molar-refractivity contribution >= 4 is 11.0 Å². The number of aromatic nitrogens is 2. The Labute approximate surface area is 145 Å². The molecule has 3 aromatic rings. The largest absolute Gasteiger partial charge is 0.290 e. The highest BCUT2D eigenvalue weighted by Gasteiger charge is 2.27. The first-order valence-corrected chi connectivity index (χ1v) is 8.93. The summed E-state index contributed by atoms with van der Waals surface area (Å²) in [7, 11) is 2.18. The van der Waals surface area contributed by atoms with Gasteiger partial charge in [0.05, 0.1) is 18.7 Å². The molecule has 1 heterocycles. The van der Waals surface area contributed by atoms with Gasteiger partial charge in [-0.1, -0.05) is 32.0 Å². The molecule has 0 aliphatic rings. The van der Waals surface area contributed by atoms with Crippen molar-refractivity contribution in [3.63, 3.8) is 0 Å². The Morgan fingerprint density at radius 3 is 2.21 bits per heavy atom. The second kappa shape index (κ2) is 6.08. The number of hydrogen-bond donors (Lipinski definition) is 0. The van der Waals surface area contributed by atoms with Crippen LogP contribution in [0.2, 0.25) is 0 Å². The molecule has 0 unspecified atom stereocenters. The molecule has 1 aromatic heterocycles. The maximum absolute atomic E-state index is 2.46. The van der Waals surface area contributed by atoms with E-state index in [1.165, 1.54) is 39.1 Å². The van der Waals surface area contributed by atoms with Gasteiger partial charge >= 0.3 is 0 Å². The van der Waals surface area contributed by atoms with Gasteiger partial charge in [-0.15, -0.1) is 0 Å². The maximum atomic E-state index is 2.46. The summed E-state index contributed by atoms with van der Waals surface area (Å²) >= 11 is 0. The average molecular weight is 321 g/mol. The SMILES string of the molecule is Cc1cc(C(C)C)c(C)cc1-c1n(C(C)C)c2ccccc2[n+]1C. The van der Waals surface area contributed by atoms with Crippen LogP contribution in [0.1, 0.15) is 56.3 Å². The van der Waals surface area contributed by atoms with Crippen molar-refractivity contribution in [2.75, 3.05) is 0 Å². The molecule has 0 spiro atoms. The summed E-state index contributed by atoms with van der Waals surface area (Å²) in [4.78, 5) is 0. The van der Waals surface area contributed by atoms with E-state index >= 15 is 0 Å². The number of fused-ring (bicyclic) bond motifs is 1. The lowest BCUT2D eigenvalue weighted by molar-refractivity contribution is -0.634. The first kappa shape index (κ1) is 16.8. The topological polar surface area (TPSA) is 8.81 Å². The molecule has 24 heavy (non-hydrogen) atoms. The van der Waals surface area contributed by atoms with E-state index in [2.05, 4.69) is 94.1 Å². The fraction of sp³-hybridized carbons (Fsp3) is 0.409. The highest BCUT2D eigenvalue weighted by atomic mass is 15.2. The number of nitrogens with zero attached hydrogens (tertiary/aromatic N) is 2. The zero-order valence-corrected chi connectivity index (χ0v) is 16.0. The lowest BCUT2D eigenvalue weighted by Gasteiger charge is -2.15. The summed E-state index contributed by atoms with van der Waals surface area (Å²) in [6.45, 7) is 13.5. The molecule has 0 aliphatic heterocycles. The van der Waals surface area contributed by atoms with Crippen LogP contribution in [0.5, 0.6) is 0 Å². The molecular weight excluding hydrogens is 292 g/mol. The Bertz CT molecular complexity index is 898. The van der Waals surface area contributed by atoms with Crippen LogP contribution < -0.4 is 4.57 Å². The van der Waals surface area contributed by atoms with Crippen molar-refractivity contribution in [1.82, 2.24) is 4.57 Å². The predicted molar refractivity (Wildman–Crippen MR) is 102 cm³/mol. The van der Waals surface area contributed by atoms with Gasteiger partial charge in [-0.25, -0.2) is 9.13 Å². The van der Waals surface area contributed by atoms with Crippen molar-refractivity contribution in [2.45, 2.75) is 53.5 Å². The quantitative estimate of drug-likeness (QED) is 0.567. The van der Waals surface area contributed by atoms with E-state index in [1.54, 1.807) is 0 Å². The maximum Gasteiger partial charge on any atom is 0.290 e. The molecule has 0 saturated heterocycles. The van der Waals surface area contributed by atoms with Crippen LogP contribution >= 0.6 is 0 Å². The third-order valence-corrected chi connectivity index (χ3v) is 5.04. The second-order valence-corrected chi connectivity index (χ2v) is 7.51. The standard InChI is InChI=1S/C22H29N2/c1-14(2)18-12-17(6)19(13-16(18)5)22-23(7)20-10-8-9-11-21(20)24(22)15(3)4/h8-15H,1-7H3/q+1. The fourth-order valence-corrected chi connectivity index (χ4v) is 3.88. The molecule has 126 valence electrons. The predicted octanol–water partition coefficient (Wildman–Crippen LogP) is 5.45. The lowest BCUT2D eigenvalue weighted by Crippen LogP contribution is -2.31. The highest BCUT2D eigenvalue weighted by Crippen LogP contribution is 2.32. The summed E-state index contributed by atoms with van der Waals surface area (Å²) in [5, 5.41) is 0. The minimum Gasteiger partial charge on any atom is -0.226 e. The summed E-state index contributed by atoms with van der Waals surface area (Å²) in [6.07, 6.45) is 0. The van der Waals surface area contributed by atoms with Crippen LogP contribution in [0.4, 0.5) is 0 Å². The van der Waals surface area contributed by atoms with Gasteiger partial charge in [0.25, 0.3) is 5.82 Å². The molecule has 2 nitrogen and oxygen atoms in total. The molecule has 0 radical (unpaired) electrons. The van der Waals surface area contributed by atoms with E-state index in [9.17, 15) is 0 Å². The van der Waals surface area contributed by atoms with Gasteiger partial charge in [-0.2, -0.15) is 0 Å². The van der Waals surface area contributed by atoms with Crippen molar-refractivity contribution in [1.29, 1.82) is 0 Å². The number of aryl methyl sites for hydroxylation is 3. The Morgan fingerprint density at radius 1 is 0.917 bits per heavy atom. The summed E-state index contributed by atoms with van der Waals surface area (Å²) in [5.41, 5.74) is 8.10. The van der Waals surface area contributed by atoms with Gasteiger partial charge in [-0.05, 0) is 68.5 Å². The molecule has 0 amide bonds. The van der Waals surface area contributed by atoms with Gasteiger partial charge in [0.2, 0.25) is 0 Å². The minimum absolute atomic E-state index is 0.413. The second-order valence-electron chi connectivity index (χ2n) is 7.51. The van der Waals surface area contributed by atoms with E-state index in [1.807, 2.05) is 0 Å². The average Bonchev–Trinajstić information content (AvgIpc) is 2.82. The first-order chi connectivity index (χ1) is 11.3. The van der Waals surface area contributed by atoms with E-state index < -0.39 is 0 Å². The molecule has 0 aliphatic carbocycles. The molecule has 0 bridgehead atoms. The zero-order chi connectivity index (χ0) is 17.6. The van der Waals surface area contributed by atoms with Gasteiger partial charge in [0.1, 0.15) is 0 Å². The van der Waals surface area contributed by atoms with E-state index in [-0.39, 0.29) is 0 Å². The Hall–Kier alpha value is -2.09. The monoisotopic (exact) mass is 321 g/mol. The molecule has 0 saturated carbocycles. The number of imidazole rings is 1. The molecule has 3 rings (SSSR count). The fourth-order valence-electron chi connectivity index (χ4n) is 3.88. The van der Waals surface area contributed by atoms with Gasteiger partial charge < -0.3 is 0 Å². The van der Waals surface area contributed by atoms with Crippen LogP contribution in [0, 0.1) is 13.8 Å². The van der Waals surface area contributed by atoms with Gasteiger partial charge in [0.15, 0.2) is 11.0 Å². The van der Waals surface area contributed by atoms with E-state index in [4.69, 9.17) is 0 Å². The van der Waals surface area contributed by atoms with Gasteiger partial charge in [-0.3, -0.25) is 0 Å². The summed E-state index contributed by atoms with van der Waals surface area (Å²) < 4.78 is 4.80. The molecule has 0 N–H and O–H groups in total. The van der Waals surface area contributed by atoms with Crippen LogP contribution in [0.15, 0.2) is 36.4 Å². The first-order valence-electron chi connectivity index (χ1n) is 8.93. The molecule has 0 atom stereocenters. The van der Waals surface area contributed by atoms with Crippen molar-refractivity contribution < 1.29 is 4.57 Å². The van der Waals surface area contributed by atoms with Gasteiger partial charge in [0, 0.05) is 0 Å². The lowest BCUT2D eigenvalue weighted by atomic mass is 9.92. The van der Waals surface area contributed by atoms with E-state index in [0.29, 0.717) is 12.0 Å². The summed E-state index contributed by atoms with van der Waals surface area (Å²) in [5.74, 6) is 1.85. The van der Waals surface area contributed by atoms with Crippen molar-refractivity contribution in [2.24, 2.45) is 7.05 Å². The number of hydrogen-bond acceptors (Lipinski definition) is 0. The Balaban J connectivity index is 2.37. The normalized spacial score (nSPS) is 11.9. The zero-order valence-electron chi connectivity index (χ0n) is 16.0. The van der Waals surface area contributed by atoms with Crippen LogP contribution in [0.3, 0.4) is 0 Å². The van der Waals surface area contributed by atoms with Crippen LogP contribution in [-0.2, 0) is 7.05 Å². The molecule has 0 fully saturated rings. The molecule has 2 aromatic carbocycles. The van der Waals surface area contributed by atoms with Crippen LogP contribution in [0.25, 0.3) is 22.4 Å². The molecule has 2 heteroatoms. The summed E-state index contributed by atoms with van der Waals surface area (Å²) in [6, 6.07) is 13.8. The number of benzene rings is 2.